The molecule has 1 aromatic rings. The zero-order valence-corrected chi connectivity index (χ0v) is 13.1. The number of carbonyl (C=O) groups is 1. The Hall–Kier alpha value is -1.55. The number of hydrogen-bond donors (Lipinski definition) is 2. The molecule has 2 N–H and O–H groups in total. The summed E-state index contributed by atoms with van der Waals surface area (Å²) in [6.07, 6.45) is 3.66. The zero-order chi connectivity index (χ0) is 15.1. The van der Waals surface area contributed by atoms with E-state index in [4.69, 9.17) is 4.74 Å². The van der Waals surface area contributed by atoms with Gasteiger partial charge in [-0.15, -0.1) is 0 Å². The molecule has 0 unspecified atom stereocenters. The van der Waals surface area contributed by atoms with Crippen LogP contribution in [0.3, 0.4) is 0 Å². The van der Waals surface area contributed by atoms with Gasteiger partial charge in [-0.3, -0.25) is 4.79 Å². The smallest absolute Gasteiger partial charge is 0.226 e. The Morgan fingerprint density at radius 1 is 1.29 bits per heavy atom. The maximum absolute atomic E-state index is 12.5. The summed E-state index contributed by atoms with van der Waals surface area (Å²) in [6.45, 7) is 4.70. The van der Waals surface area contributed by atoms with Gasteiger partial charge < -0.3 is 15.4 Å². The predicted molar refractivity (Wildman–Crippen MR) is 84.5 cm³/mol. The van der Waals surface area contributed by atoms with Gasteiger partial charge in [0.1, 0.15) is 5.75 Å². The SMILES string of the molecule is CCC1(C(=O)NCCc2ccc(OC)cc2)CCNCC1. The number of hydrogen-bond acceptors (Lipinski definition) is 3. The molecule has 1 amide bonds. The van der Waals surface area contributed by atoms with Crippen LogP contribution in [-0.4, -0.2) is 32.7 Å². The van der Waals surface area contributed by atoms with Crippen LogP contribution in [0.1, 0.15) is 31.7 Å². The Bertz CT molecular complexity index is 450. The number of nitrogens with one attached hydrogen (secondary N) is 2. The van der Waals surface area contributed by atoms with E-state index in [0.717, 1.165) is 44.5 Å². The third-order valence-electron chi connectivity index (χ3n) is 4.58. The van der Waals surface area contributed by atoms with Gasteiger partial charge in [0, 0.05) is 6.54 Å². The van der Waals surface area contributed by atoms with Crippen LogP contribution in [0.25, 0.3) is 0 Å². The van der Waals surface area contributed by atoms with Crippen LogP contribution in [0.4, 0.5) is 0 Å². The minimum absolute atomic E-state index is 0.162. The quantitative estimate of drug-likeness (QED) is 0.844. The summed E-state index contributed by atoms with van der Waals surface area (Å²) < 4.78 is 5.14. The van der Waals surface area contributed by atoms with Crippen molar-refractivity contribution in [3.63, 3.8) is 0 Å². The Labute approximate surface area is 127 Å². The first-order chi connectivity index (χ1) is 10.2. The molecule has 1 aliphatic rings. The largest absolute Gasteiger partial charge is 0.497 e. The second-order valence-electron chi connectivity index (χ2n) is 5.74. The number of benzene rings is 1. The molecule has 0 aromatic heterocycles. The molecule has 1 fully saturated rings. The molecular weight excluding hydrogens is 264 g/mol. The molecule has 21 heavy (non-hydrogen) atoms. The molecule has 0 radical (unpaired) electrons. The monoisotopic (exact) mass is 290 g/mol. The van der Waals surface area contributed by atoms with Crippen LogP contribution in [0.5, 0.6) is 5.75 Å². The first-order valence-corrected chi connectivity index (χ1v) is 7.82. The van der Waals surface area contributed by atoms with Crippen molar-refractivity contribution in [1.82, 2.24) is 10.6 Å². The number of amides is 1. The van der Waals surface area contributed by atoms with E-state index in [1.807, 2.05) is 24.3 Å². The zero-order valence-electron chi connectivity index (χ0n) is 13.1. The second kappa shape index (κ2) is 7.46. The van der Waals surface area contributed by atoms with Gasteiger partial charge in [0.25, 0.3) is 0 Å². The van der Waals surface area contributed by atoms with E-state index < -0.39 is 0 Å². The van der Waals surface area contributed by atoms with Crippen molar-refractivity contribution >= 4 is 5.91 Å². The standard InChI is InChI=1S/C17H26N2O2/c1-3-17(9-12-18-13-10-17)16(20)19-11-8-14-4-6-15(21-2)7-5-14/h4-7,18H,3,8-13H2,1-2H3,(H,19,20). The van der Waals surface area contributed by atoms with E-state index in [-0.39, 0.29) is 11.3 Å². The molecule has 4 nitrogen and oxygen atoms in total. The lowest BCUT2D eigenvalue weighted by molar-refractivity contribution is -0.132. The Morgan fingerprint density at radius 3 is 2.52 bits per heavy atom. The highest BCUT2D eigenvalue weighted by molar-refractivity contribution is 5.82. The Morgan fingerprint density at radius 2 is 1.95 bits per heavy atom. The average molecular weight is 290 g/mol. The molecule has 116 valence electrons. The van der Waals surface area contributed by atoms with E-state index in [1.165, 1.54) is 5.56 Å². The molecule has 1 aliphatic heterocycles. The van der Waals surface area contributed by atoms with Crippen molar-refractivity contribution in [1.29, 1.82) is 0 Å². The minimum atomic E-state index is -0.162. The van der Waals surface area contributed by atoms with Crippen molar-refractivity contribution in [2.45, 2.75) is 32.6 Å². The van der Waals surface area contributed by atoms with Gasteiger partial charge >= 0.3 is 0 Å². The van der Waals surface area contributed by atoms with E-state index in [9.17, 15) is 4.79 Å². The Balaban J connectivity index is 1.82. The van der Waals surface area contributed by atoms with Crippen LogP contribution in [-0.2, 0) is 11.2 Å². The van der Waals surface area contributed by atoms with E-state index in [0.29, 0.717) is 6.54 Å². The van der Waals surface area contributed by atoms with Crippen molar-refractivity contribution in [3.05, 3.63) is 29.8 Å². The molecule has 1 aromatic carbocycles. The maximum atomic E-state index is 12.5. The van der Waals surface area contributed by atoms with Crippen LogP contribution in [0, 0.1) is 5.41 Å². The molecule has 0 atom stereocenters. The van der Waals surface area contributed by atoms with Crippen molar-refractivity contribution in [3.8, 4) is 5.75 Å². The highest BCUT2D eigenvalue weighted by Gasteiger charge is 2.37. The van der Waals surface area contributed by atoms with Gasteiger partial charge in [-0.25, -0.2) is 0 Å². The number of methoxy groups -OCH3 is 1. The topological polar surface area (TPSA) is 50.4 Å². The first kappa shape index (κ1) is 15.8. The molecule has 2 rings (SSSR count). The summed E-state index contributed by atoms with van der Waals surface area (Å²) in [6, 6.07) is 8.01. The summed E-state index contributed by atoms with van der Waals surface area (Å²) in [5, 5.41) is 6.45. The average Bonchev–Trinajstić information content (AvgIpc) is 2.56. The molecule has 4 heteroatoms. The van der Waals surface area contributed by atoms with Gasteiger partial charge in [-0.1, -0.05) is 19.1 Å². The number of piperidine rings is 1. The summed E-state index contributed by atoms with van der Waals surface area (Å²) in [4.78, 5) is 12.5. The van der Waals surface area contributed by atoms with Crippen LogP contribution in [0.2, 0.25) is 0 Å². The predicted octanol–water partition coefficient (Wildman–Crippen LogP) is 2.13. The summed E-state index contributed by atoms with van der Waals surface area (Å²) in [5.41, 5.74) is 1.05. The lowest BCUT2D eigenvalue weighted by Crippen LogP contribution is -2.47. The molecular formula is C17H26N2O2. The highest BCUT2D eigenvalue weighted by Crippen LogP contribution is 2.32. The van der Waals surface area contributed by atoms with Gasteiger partial charge in [0.15, 0.2) is 0 Å². The normalized spacial score (nSPS) is 17.2. The van der Waals surface area contributed by atoms with Gasteiger partial charge in [-0.2, -0.15) is 0 Å². The highest BCUT2D eigenvalue weighted by atomic mass is 16.5. The molecule has 1 heterocycles. The second-order valence-corrected chi connectivity index (χ2v) is 5.74. The molecule has 0 saturated carbocycles. The first-order valence-electron chi connectivity index (χ1n) is 7.82. The third-order valence-corrected chi connectivity index (χ3v) is 4.58. The van der Waals surface area contributed by atoms with Crippen molar-refractivity contribution in [2.24, 2.45) is 5.41 Å². The number of carbonyl (C=O) groups excluding carboxylic acids is 1. The van der Waals surface area contributed by atoms with Crippen molar-refractivity contribution < 1.29 is 9.53 Å². The van der Waals surface area contributed by atoms with Crippen LogP contribution >= 0.6 is 0 Å². The lowest BCUT2D eigenvalue weighted by Gasteiger charge is -2.35. The fourth-order valence-corrected chi connectivity index (χ4v) is 2.95. The van der Waals surface area contributed by atoms with E-state index in [1.54, 1.807) is 7.11 Å². The number of rotatable bonds is 6. The molecule has 0 spiro atoms. The molecule has 0 aliphatic carbocycles. The van der Waals surface area contributed by atoms with Crippen LogP contribution in [0.15, 0.2) is 24.3 Å². The fourth-order valence-electron chi connectivity index (χ4n) is 2.95. The van der Waals surface area contributed by atoms with Gasteiger partial charge in [0.2, 0.25) is 5.91 Å². The summed E-state index contributed by atoms with van der Waals surface area (Å²) in [5.74, 6) is 1.09. The molecule has 1 saturated heterocycles. The van der Waals surface area contributed by atoms with Gasteiger partial charge in [-0.05, 0) is 56.5 Å². The lowest BCUT2D eigenvalue weighted by atomic mass is 9.76. The van der Waals surface area contributed by atoms with Crippen molar-refractivity contribution in [2.75, 3.05) is 26.7 Å². The minimum Gasteiger partial charge on any atom is -0.497 e. The van der Waals surface area contributed by atoms with Gasteiger partial charge in [0.05, 0.1) is 12.5 Å². The Kier molecular flexibility index (Phi) is 5.62. The maximum Gasteiger partial charge on any atom is 0.226 e. The van der Waals surface area contributed by atoms with E-state index >= 15 is 0 Å². The molecule has 0 bridgehead atoms. The third kappa shape index (κ3) is 3.97. The van der Waals surface area contributed by atoms with Crippen LogP contribution < -0.4 is 15.4 Å². The van der Waals surface area contributed by atoms with E-state index in [2.05, 4.69) is 17.6 Å². The number of ether oxygens (including phenoxy) is 1. The summed E-state index contributed by atoms with van der Waals surface area (Å²) >= 11 is 0. The fraction of sp³-hybridized carbons (Fsp3) is 0.588. The summed E-state index contributed by atoms with van der Waals surface area (Å²) in [7, 11) is 1.67.